The van der Waals surface area contributed by atoms with E-state index in [1.807, 2.05) is 50.5 Å². The smallest absolute Gasteiger partial charge is 0.276 e. The van der Waals surface area contributed by atoms with Crippen molar-refractivity contribution in [3.05, 3.63) is 64.2 Å². The highest BCUT2D eigenvalue weighted by molar-refractivity contribution is 7.89. The molecule has 1 aromatic carbocycles. The van der Waals surface area contributed by atoms with Crippen molar-refractivity contribution in [2.45, 2.75) is 39.5 Å². The zero-order valence-electron chi connectivity index (χ0n) is 15.9. The first-order chi connectivity index (χ1) is 12.7. The Morgan fingerprint density at radius 1 is 1.11 bits per heavy atom. The van der Waals surface area contributed by atoms with Crippen LogP contribution >= 0.6 is 0 Å². The van der Waals surface area contributed by atoms with Gasteiger partial charge >= 0.3 is 0 Å². The molecule has 1 N–H and O–H groups in total. The Balaban J connectivity index is 1.86. The third-order valence-corrected chi connectivity index (χ3v) is 5.69. The fraction of sp³-hybridized carbons (Fsp3) is 0.263. The summed E-state index contributed by atoms with van der Waals surface area (Å²) >= 11 is 0. The second-order valence-electron chi connectivity index (χ2n) is 6.58. The van der Waals surface area contributed by atoms with Crippen molar-refractivity contribution < 1.29 is 12.9 Å². The molecular formula is C19H22N4O3S. The molecule has 8 heteroatoms. The number of hydrazone groups is 1. The van der Waals surface area contributed by atoms with E-state index in [4.69, 9.17) is 4.52 Å². The number of nitrogens with one attached hydrogen (secondary N) is 1. The first-order valence-electron chi connectivity index (χ1n) is 8.44. The molecule has 0 unspecified atom stereocenters. The fourth-order valence-electron chi connectivity index (χ4n) is 2.94. The summed E-state index contributed by atoms with van der Waals surface area (Å²) in [6.07, 6.45) is 1.49. The molecule has 3 rings (SSSR count). The van der Waals surface area contributed by atoms with Crippen LogP contribution in [-0.4, -0.2) is 24.4 Å². The van der Waals surface area contributed by atoms with E-state index in [0.717, 1.165) is 22.5 Å². The number of nitrogens with zero attached hydrogens (tertiary/aromatic N) is 3. The zero-order valence-corrected chi connectivity index (χ0v) is 16.8. The van der Waals surface area contributed by atoms with E-state index in [-0.39, 0.29) is 4.90 Å². The van der Waals surface area contributed by atoms with Gasteiger partial charge in [0, 0.05) is 23.0 Å². The average molecular weight is 386 g/mol. The van der Waals surface area contributed by atoms with E-state index in [1.54, 1.807) is 19.1 Å². The van der Waals surface area contributed by atoms with Crippen LogP contribution in [0, 0.1) is 34.6 Å². The first kappa shape index (κ1) is 18.9. The van der Waals surface area contributed by atoms with Gasteiger partial charge in [0.25, 0.3) is 10.0 Å². The molecule has 0 radical (unpaired) electrons. The Morgan fingerprint density at radius 3 is 2.52 bits per heavy atom. The van der Waals surface area contributed by atoms with Crippen molar-refractivity contribution in [2.24, 2.45) is 5.10 Å². The summed E-state index contributed by atoms with van der Waals surface area (Å²) in [6, 6.07) is 9.03. The number of sulfonamides is 1. The summed E-state index contributed by atoms with van der Waals surface area (Å²) < 4.78 is 32.1. The van der Waals surface area contributed by atoms with Gasteiger partial charge in [-0.2, -0.15) is 13.5 Å². The number of hydrogen-bond acceptors (Lipinski definition) is 5. The van der Waals surface area contributed by atoms with Crippen LogP contribution in [-0.2, 0) is 10.0 Å². The lowest BCUT2D eigenvalue weighted by molar-refractivity contribution is 0.394. The van der Waals surface area contributed by atoms with Crippen molar-refractivity contribution in [2.75, 3.05) is 0 Å². The van der Waals surface area contributed by atoms with Crippen LogP contribution in [0.2, 0.25) is 0 Å². The molecule has 27 heavy (non-hydrogen) atoms. The third-order valence-electron chi connectivity index (χ3n) is 4.32. The summed E-state index contributed by atoms with van der Waals surface area (Å²) in [6.45, 7) is 9.29. The molecule has 0 fully saturated rings. The van der Waals surface area contributed by atoms with E-state index in [9.17, 15) is 8.42 Å². The summed E-state index contributed by atoms with van der Waals surface area (Å²) in [4.78, 5) is 2.52. The van der Waals surface area contributed by atoms with Crippen molar-refractivity contribution in [1.29, 1.82) is 0 Å². The average Bonchev–Trinajstić information content (AvgIpc) is 3.12. The van der Waals surface area contributed by atoms with Crippen LogP contribution < -0.4 is 4.83 Å². The van der Waals surface area contributed by atoms with Gasteiger partial charge in [0.2, 0.25) is 0 Å². The SMILES string of the molecule is Cc1ccc(C)c(S(=O)(=O)N/N=C\c2cc(C)n(-c3cc(C)on3)c2C)c1. The van der Waals surface area contributed by atoms with Crippen LogP contribution in [0.25, 0.3) is 5.82 Å². The number of rotatable bonds is 5. The summed E-state index contributed by atoms with van der Waals surface area (Å²) in [5, 5.41) is 7.98. The lowest BCUT2D eigenvalue weighted by Gasteiger charge is -2.07. The van der Waals surface area contributed by atoms with E-state index >= 15 is 0 Å². The number of aryl methyl sites for hydroxylation is 4. The lowest BCUT2D eigenvalue weighted by Crippen LogP contribution is -2.19. The molecular weight excluding hydrogens is 364 g/mol. The number of aromatic nitrogens is 2. The van der Waals surface area contributed by atoms with Crippen LogP contribution in [0.4, 0.5) is 0 Å². The fourth-order valence-corrected chi connectivity index (χ4v) is 4.06. The maximum absolute atomic E-state index is 12.5. The second-order valence-corrected chi connectivity index (χ2v) is 8.21. The monoisotopic (exact) mass is 386 g/mol. The number of benzene rings is 1. The first-order valence-corrected chi connectivity index (χ1v) is 9.92. The molecule has 3 aromatic rings. The van der Waals surface area contributed by atoms with Crippen molar-refractivity contribution in [3.8, 4) is 5.82 Å². The van der Waals surface area contributed by atoms with E-state index in [1.165, 1.54) is 6.21 Å². The molecule has 0 saturated heterocycles. The van der Waals surface area contributed by atoms with Gasteiger partial charge in [-0.1, -0.05) is 17.3 Å². The minimum atomic E-state index is -3.73. The topological polar surface area (TPSA) is 89.5 Å². The van der Waals surface area contributed by atoms with E-state index in [2.05, 4.69) is 15.1 Å². The van der Waals surface area contributed by atoms with Crippen LogP contribution in [0.3, 0.4) is 0 Å². The normalized spacial score (nSPS) is 12.0. The van der Waals surface area contributed by atoms with Gasteiger partial charge in [-0.15, -0.1) is 0 Å². The molecule has 0 atom stereocenters. The summed E-state index contributed by atoms with van der Waals surface area (Å²) in [5.41, 5.74) is 4.16. The quantitative estimate of drug-likeness (QED) is 0.538. The zero-order chi connectivity index (χ0) is 19.8. The van der Waals surface area contributed by atoms with Crippen LogP contribution in [0.1, 0.15) is 33.8 Å². The maximum atomic E-state index is 12.5. The highest BCUT2D eigenvalue weighted by Gasteiger charge is 2.16. The van der Waals surface area contributed by atoms with Gasteiger partial charge in [0.15, 0.2) is 5.82 Å². The third kappa shape index (κ3) is 3.80. The van der Waals surface area contributed by atoms with Crippen molar-refractivity contribution in [3.63, 3.8) is 0 Å². The van der Waals surface area contributed by atoms with Crippen LogP contribution in [0.5, 0.6) is 0 Å². The molecule has 7 nitrogen and oxygen atoms in total. The predicted octanol–water partition coefficient (Wildman–Crippen LogP) is 3.32. The van der Waals surface area contributed by atoms with Crippen molar-refractivity contribution in [1.82, 2.24) is 14.6 Å². The van der Waals surface area contributed by atoms with E-state index in [0.29, 0.717) is 17.1 Å². The molecule has 0 aliphatic rings. The summed E-state index contributed by atoms with van der Waals surface area (Å²) in [5.74, 6) is 1.40. The minimum absolute atomic E-state index is 0.225. The molecule has 2 aromatic heterocycles. The van der Waals surface area contributed by atoms with Gasteiger partial charge in [0.1, 0.15) is 5.76 Å². The molecule has 142 valence electrons. The Hall–Kier alpha value is -2.87. The van der Waals surface area contributed by atoms with Crippen molar-refractivity contribution >= 4 is 16.2 Å². The minimum Gasteiger partial charge on any atom is -0.360 e. The standard InChI is InChI=1S/C19H22N4O3S/c1-12-6-7-13(2)18(8-12)27(24,25)22-20-11-17-9-14(3)23(16(17)5)19-10-15(4)26-21-19/h6-11,22H,1-5H3/b20-11-. The highest BCUT2D eigenvalue weighted by atomic mass is 32.2. The predicted molar refractivity (Wildman–Crippen MR) is 104 cm³/mol. The lowest BCUT2D eigenvalue weighted by atomic mass is 10.2. The molecule has 2 heterocycles. The van der Waals surface area contributed by atoms with Gasteiger partial charge in [-0.05, 0) is 57.9 Å². The molecule has 0 saturated carbocycles. The van der Waals surface area contributed by atoms with Gasteiger partial charge in [0.05, 0.1) is 11.1 Å². The number of hydrogen-bond donors (Lipinski definition) is 1. The Labute approximate surface area is 158 Å². The summed E-state index contributed by atoms with van der Waals surface area (Å²) in [7, 11) is -3.73. The van der Waals surface area contributed by atoms with E-state index < -0.39 is 10.0 Å². The van der Waals surface area contributed by atoms with Crippen LogP contribution in [0.15, 0.2) is 44.9 Å². The Kier molecular flexibility index (Phi) is 4.93. The molecule has 0 aliphatic carbocycles. The Morgan fingerprint density at radius 2 is 1.85 bits per heavy atom. The van der Waals surface area contributed by atoms with Gasteiger partial charge in [-0.3, -0.25) is 4.57 Å². The molecule has 0 amide bonds. The largest absolute Gasteiger partial charge is 0.360 e. The Bertz CT molecular complexity index is 1120. The maximum Gasteiger partial charge on any atom is 0.276 e. The molecule has 0 bridgehead atoms. The second kappa shape index (κ2) is 7.03. The molecule has 0 spiro atoms. The van der Waals surface area contributed by atoms with Gasteiger partial charge in [-0.25, -0.2) is 4.83 Å². The van der Waals surface area contributed by atoms with Gasteiger partial charge < -0.3 is 4.52 Å². The molecule has 0 aliphatic heterocycles. The highest BCUT2D eigenvalue weighted by Crippen LogP contribution is 2.20.